The van der Waals surface area contributed by atoms with Crippen LogP contribution < -0.4 is 0 Å². The summed E-state index contributed by atoms with van der Waals surface area (Å²) in [5, 5.41) is 18.2. The minimum Gasteiger partial charge on any atom is -0.393 e. The van der Waals surface area contributed by atoms with Gasteiger partial charge in [0.15, 0.2) is 0 Å². The van der Waals surface area contributed by atoms with E-state index >= 15 is 0 Å². The molecule has 0 rings (SSSR count). The highest BCUT2D eigenvalue weighted by molar-refractivity contribution is 4.51. The van der Waals surface area contributed by atoms with Gasteiger partial charge in [0.1, 0.15) is 0 Å². The van der Waals surface area contributed by atoms with Crippen LogP contribution in [-0.2, 0) is 0 Å². The molecule has 0 amide bonds. The van der Waals surface area contributed by atoms with Gasteiger partial charge in [0.25, 0.3) is 0 Å². The lowest BCUT2D eigenvalue weighted by atomic mass is 10.0. The van der Waals surface area contributed by atoms with Crippen molar-refractivity contribution in [3.63, 3.8) is 0 Å². The van der Waals surface area contributed by atoms with Crippen LogP contribution in [-0.4, -0.2) is 22.4 Å². The SMILES string of the molecule is C[C@@H](O)CCCCCCCCCC[C@@H](C)O. The molecule has 0 aliphatic rings. The van der Waals surface area contributed by atoms with Gasteiger partial charge >= 0.3 is 0 Å². The Balaban J connectivity index is 2.93. The van der Waals surface area contributed by atoms with Gasteiger partial charge in [-0.15, -0.1) is 0 Å². The fraction of sp³-hybridized carbons (Fsp3) is 1.00. The van der Waals surface area contributed by atoms with Crippen molar-refractivity contribution < 1.29 is 10.2 Å². The molecule has 0 aromatic rings. The normalized spacial score (nSPS) is 15.0. The molecule has 2 nitrogen and oxygen atoms in total. The third kappa shape index (κ3) is 13.9. The quantitative estimate of drug-likeness (QED) is 0.532. The van der Waals surface area contributed by atoms with E-state index in [2.05, 4.69) is 0 Å². The summed E-state index contributed by atoms with van der Waals surface area (Å²) in [6, 6.07) is 0. The fourth-order valence-corrected chi connectivity index (χ4v) is 1.94. The highest BCUT2D eigenvalue weighted by atomic mass is 16.3. The number of hydrogen-bond acceptors (Lipinski definition) is 2. The van der Waals surface area contributed by atoms with Gasteiger partial charge in [0, 0.05) is 0 Å². The zero-order chi connectivity index (χ0) is 12.2. The zero-order valence-electron chi connectivity index (χ0n) is 11.1. The van der Waals surface area contributed by atoms with Gasteiger partial charge in [0.05, 0.1) is 12.2 Å². The van der Waals surface area contributed by atoms with Crippen molar-refractivity contribution in [1.82, 2.24) is 0 Å². The second-order valence-electron chi connectivity index (χ2n) is 5.10. The third-order valence-electron chi connectivity index (χ3n) is 2.99. The van der Waals surface area contributed by atoms with Crippen molar-refractivity contribution in [2.24, 2.45) is 0 Å². The van der Waals surface area contributed by atoms with Crippen LogP contribution in [0.2, 0.25) is 0 Å². The summed E-state index contributed by atoms with van der Waals surface area (Å²) in [7, 11) is 0. The van der Waals surface area contributed by atoms with E-state index in [0.717, 1.165) is 12.8 Å². The summed E-state index contributed by atoms with van der Waals surface area (Å²) in [5.74, 6) is 0. The second kappa shape index (κ2) is 11.4. The van der Waals surface area contributed by atoms with E-state index in [0.29, 0.717) is 0 Å². The van der Waals surface area contributed by atoms with Gasteiger partial charge in [-0.1, -0.05) is 51.4 Å². The molecule has 0 heterocycles. The summed E-state index contributed by atoms with van der Waals surface area (Å²) >= 11 is 0. The Morgan fingerprint density at radius 3 is 1.06 bits per heavy atom. The Hall–Kier alpha value is -0.0800. The molecule has 0 aliphatic carbocycles. The van der Waals surface area contributed by atoms with Crippen molar-refractivity contribution >= 4 is 0 Å². The molecule has 0 aromatic carbocycles. The molecule has 0 fully saturated rings. The molecule has 0 saturated heterocycles. The predicted molar refractivity (Wildman–Crippen MR) is 69.5 cm³/mol. The summed E-state index contributed by atoms with van der Waals surface area (Å²) in [5.41, 5.74) is 0. The van der Waals surface area contributed by atoms with E-state index in [9.17, 15) is 0 Å². The lowest BCUT2D eigenvalue weighted by Gasteiger charge is -2.05. The number of aliphatic hydroxyl groups is 2. The third-order valence-corrected chi connectivity index (χ3v) is 2.99. The molecule has 98 valence electrons. The van der Waals surface area contributed by atoms with Gasteiger partial charge in [-0.05, 0) is 26.7 Å². The van der Waals surface area contributed by atoms with Crippen LogP contribution in [0.15, 0.2) is 0 Å². The highest BCUT2D eigenvalue weighted by Gasteiger charge is 1.97. The Morgan fingerprint density at radius 1 is 0.562 bits per heavy atom. The summed E-state index contributed by atoms with van der Waals surface area (Å²) < 4.78 is 0. The summed E-state index contributed by atoms with van der Waals surface area (Å²) in [4.78, 5) is 0. The molecule has 0 aromatic heterocycles. The van der Waals surface area contributed by atoms with Gasteiger partial charge in [-0.25, -0.2) is 0 Å². The molecular formula is C14H30O2. The van der Waals surface area contributed by atoms with Crippen molar-refractivity contribution in [2.45, 2.75) is 90.3 Å². The zero-order valence-corrected chi connectivity index (χ0v) is 11.1. The van der Waals surface area contributed by atoms with E-state index in [-0.39, 0.29) is 12.2 Å². The van der Waals surface area contributed by atoms with Crippen LogP contribution in [0.25, 0.3) is 0 Å². The lowest BCUT2D eigenvalue weighted by molar-refractivity contribution is 0.179. The Morgan fingerprint density at radius 2 is 0.812 bits per heavy atom. The first-order valence-corrected chi connectivity index (χ1v) is 6.99. The number of unbranched alkanes of at least 4 members (excludes halogenated alkanes) is 7. The molecule has 2 heteroatoms. The van der Waals surface area contributed by atoms with E-state index in [1.807, 2.05) is 13.8 Å². The molecule has 0 bridgehead atoms. The van der Waals surface area contributed by atoms with Crippen LogP contribution in [0, 0.1) is 0 Å². The van der Waals surface area contributed by atoms with Crippen molar-refractivity contribution in [3.8, 4) is 0 Å². The number of rotatable bonds is 11. The second-order valence-corrected chi connectivity index (χ2v) is 5.10. The maximum atomic E-state index is 9.08. The molecule has 16 heavy (non-hydrogen) atoms. The average Bonchev–Trinajstić information content (AvgIpc) is 2.20. The molecule has 2 atom stereocenters. The molecule has 2 N–H and O–H groups in total. The minimum atomic E-state index is -0.125. The van der Waals surface area contributed by atoms with Crippen molar-refractivity contribution in [3.05, 3.63) is 0 Å². The molecule has 0 radical (unpaired) electrons. The largest absolute Gasteiger partial charge is 0.393 e. The maximum absolute atomic E-state index is 9.08. The minimum absolute atomic E-state index is 0.125. The maximum Gasteiger partial charge on any atom is 0.0512 e. The van der Waals surface area contributed by atoms with Gasteiger partial charge < -0.3 is 10.2 Å². The van der Waals surface area contributed by atoms with Gasteiger partial charge in [-0.3, -0.25) is 0 Å². The molecule has 0 spiro atoms. The van der Waals surface area contributed by atoms with E-state index in [1.54, 1.807) is 0 Å². The average molecular weight is 230 g/mol. The fourth-order valence-electron chi connectivity index (χ4n) is 1.94. The van der Waals surface area contributed by atoms with Gasteiger partial charge in [0.2, 0.25) is 0 Å². The van der Waals surface area contributed by atoms with Crippen molar-refractivity contribution in [2.75, 3.05) is 0 Å². The van der Waals surface area contributed by atoms with Crippen molar-refractivity contribution in [1.29, 1.82) is 0 Å². The van der Waals surface area contributed by atoms with Crippen LogP contribution in [0.1, 0.15) is 78.1 Å². The van der Waals surface area contributed by atoms with Crippen LogP contribution in [0.3, 0.4) is 0 Å². The van der Waals surface area contributed by atoms with E-state index in [1.165, 1.54) is 51.4 Å². The van der Waals surface area contributed by atoms with E-state index < -0.39 is 0 Å². The molecular weight excluding hydrogens is 200 g/mol. The molecule has 0 unspecified atom stereocenters. The number of aliphatic hydroxyl groups excluding tert-OH is 2. The predicted octanol–water partition coefficient (Wildman–Crippen LogP) is 3.65. The summed E-state index contributed by atoms with van der Waals surface area (Å²) in [6.07, 6.45) is 11.8. The monoisotopic (exact) mass is 230 g/mol. The Labute approximate surface area is 101 Å². The first kappa shape index (κ1) is 15.9. The topological polar surface area (TPSA) is 40.5 Å². The Bertz CT molecular complexity index is 117. The van der Waals surface area contributed by atoms with Crippen LogP contribution in [0.5, 0.6) is 0 Å². The lowest BCUT2D eigenvalue weighted by Crippen LogP contribution is -1.98. The van der Waals surface area contributed by atoms with Gasteiger partial charge in [-0.2, -0.15) is 0 Å². The molecule has 0 aliphatic heterocycles. The standard InChI is InChI=1S/C14H30O2/c1-13(15)11-9-7-5-3-4-6-8-10-12-14(2)16/h13-16H,3-12H2,1-2H3/t13-,14-/m1/s1. The highest BCUT2D eigenvalue weighted by Crippen LogP contribution is 2.11. The Kier molecular flexibility index (Phi) is 11.3. The first-order valence-electron chi connectivity index (χ1n) is 6.99. The first-order chi connectivity index (χ1) is 7.63. The number of hydrogen-bond donors (Lipinski definition) is 2. The van der Waals surface area contributed by atoms with Crippen LogP contribution >= 0.6 is 0 Å². The summed E-state index contributed by atoms with van der Waals surface area (Å²) in [6.45, 7) is 3.73. The molecule has 0 saturated carbocycles. The van der Waals surface area contributed by atoms with Crippen LogP contribution in [0.4, 0.5) is 0 Å². The van der Waals surface area contributed by atoms with E-state index in [4.69, 9.17) is 10.2 Å². The smallest absolute Gasteiger partial charge is 0.0512 e.